The molecule has 10 heteroatoms. The molecule has 8 nitrogen and oxygen atoms in total. The first kappa shape index (κ1) is 29.5. The summed E-state index contributed by atoms with van der Waals surface area (Å²) in [5.41, 5.74) is 0.364. The molecule has 1 aliphatic carbocycles. The van der Waals surface area contributed by atoms with Gasteiger partial charge in [-0.1, -0.05) is 55.8 Å². The highest BCUT2D eigenvalue weighted by Gasteiger charge is 2.33. The number of nitrogens with zero attached hydrogens (tertiary/aromatic N) is 1. The van der Waals surface area contributed by atoms with Gasteiger partial charge in [-0.05, 0) is 38.3 Å². The van der Waals surface area contributed by atoms with E-state index in [0.29, 0.717) is 24.6 Å². The Morgan fingerprint density at radius 3 is 2.70 bits per heavy atom. The predicted molar refractivity (Wildman–Crippen MR) is 142 cm³/mol. The molecule has 1 aromatic rings. The number of hydrogen-bond acceptors (Lipinski definition) is 5. The Bertz CT molecular complexity index is 871. The van der Waals surface area contributed by atoms with Crippen molar-refractivity contribution < 1.29 is 23.5 Å². The van der Waals surface area contributed by atoms with Crippen LogP contribution in [0, 0.1) is 17.7 Å². The number of likely N-dealkylation sites (tertiary alicyclic amines) is 1. The molecule has 1 aromatic carbocycles. The second kappa shape index (κ2) is 15.3. The van der Waals surface area contributed by atoms with Gasteiger partial charge in [0, 0.05) is 43.7 Å². The molecule has 0 bridgehead atoms. The van der Waals surface area contributed by atoms with Gasteiger partial charge in [0.2, 0.25) is 0 Å². The van der Waals surface area contributed by atoms with Gasteiger partial charge in [-0.15, -0.1) is 0 Å². The van der Waals surface area contributed by atoms with E-state index in [2.05, 4.69) is 20.7 Å². The Morgan fingerprint density at radius 2 is 1.97 bits per heavy atom. The van der Waals surface area contributed by atoms with Crippen molar-refractivity contribution in [3.8, 4) is 0 Å². The number of methoxy groups -OCH3 is 1. The van der Waals surface area contributed by atoms with Gasteiger partial charge in [0.1, 0.15) is 5.82 Å². The summed E-state index contributed by atoms with van der Waals surface area (Å²) in [5.74, 6) is 0.0219. The number of carbonyl (C=O) groups excluding carboxylic acids is 2. The van der Waals surface area contributed by atoms with Crippen LogP contribution in [0.1, 0.15) is 63.0 Å². The van der Waals surface area contributed by atoms with Crippen molar-refractivity contribution in [1.29, 1.82) is 0 Å². The largest absolute Gasteiger partial charge is 0.453 e. The number of urea groups is 1. The first-order valence-electron chi connectivity index (χ1n) is 13.5. The van der Waals surface area contributed by atoms with Gasteiger partial charge in [0.25, 0.3) is 0 Å². The molecule has 3 amide bonds. The Morgan fingerprint density at radius 1 is 1.19 bits per heavy atom. The fraction of sp³-hybridized carbons (Fsp3) is 0.704. The third-order valence-corrected chi connectivity index (χ3v) is 7.73. The summed E-state index contributed by atoms with van der Waals surface area (Å²) in [6.07, 6.45) is 7.72. The van der Waals surface area contributed by atoms with E-state index in [0.717, 1.165) is 25.8 Å². The second-order valence-corrected chi connectivity index (χ2v) is 10.6. The number of rotatable bonds is 11. The SMILES string of the molecule is CNC[C@H](CC1CCCCC1)NC(=O)N1CCC[C@@H](C(OCCNC(=O)OC)c2cccc(Cl)c2F)C1. The van der Waals surface area contributed by atoms with Gasteiger partial charge in [0.15, 0.2) is 0 Å². The minimum absolute atomic E-state index is 0.0295. The van der Waals surface area contributed by atoms with Crippen molar-refractivity contribution in [1.82, 2.24) is 20.9 Å². The van der Waals surface area contributed by atoms with E-state index in [1.807, 2.05) is 11.9 Å². The summed E-state index contributed by atoms with van der Waals surface area (Å²) in [5, 5.41) is 9.08. The van der Waals surface area contributed by atoms with Crippen LogP contribution in [0.2, 0.25) is 5.02 Å². The van der Waals surface area contributed by atoms with E-state index in [1.54, 1.807) is 12.1 Å². The molecular formula is C27H42ClFN4O4. The maximum absolute atomic E-state index is 15.0. The molecule has 0 radical (unpaired) electrons. The number of carbonyl (C=O) groups is 2. The molecule has 0 spiro atoms. The van der Waals surface area contributed by atoms with Crippen LogP contribution in [0.3, 0.4) is 0 Å². The van der Waals surface area contributed by atoms with Gasteiger partial charge >= 0.3 is 12.1 Å². The van der Waals surface area contributed by atoms with E-state index >= 15 is 4.39 Å². The number of hydrogen-bond donors (Lipinski definition) is 3. The quantitative estimate of drug-likeness (QED) is 0.348. The van der Waals surface area contributed by atoms with Crippen LogP contribution >= 0.6 is 11.6 Å². The van der Waals surface area contributed by atoms with Crippen LogP contribution < -0.4 is 16.0 Å². The number of halogens is 2. The van der Waals surface area contributed by atoms with Crippen LogP contribution in [0.25, 0.3) is 0 Å². The topological polar surface area (TPSA) is 91.9 Å². The highest BCUT2D eigenvalue weighted by molar-refractivity contribution is 6.30. The standard InChI is InChI=1S/C27H42ClFN4O4/c1-30-17-21(16-19-8-4-3-5-9-19)32-26(34)33-14-7-10-20(18-33)25(37-15-13-31-27(35)36-2)22-11-6-12-23(28)24(22)29/h6,11-12,19-21,25,30H,3-5,7-10,13-18H2,1-2H3,(H,31,35)(H,32,34)/t20-,21+,25?/m1/s1. The molecule has 2 fully saturated rings. The molecule has 37 heavy (non-hydrogen) atoms. The normalized spacial score (nSPS) is 20.2. The van der Waals surface area contributed by atoms with Crippen LogP contribution in [0.5, 0.6) is 0 Å². The molecule has 1 heterocycles. The first-order chi connectivity index (χ1) is 17.9. The molecule has 3 atom stereocenters. The van der Waals surface area contributed by atoms with Crippen LogP contribution in [0.15, 0.2) is 18.2 Å². The third kappa shape index (κ3) is 9.00. The molecule has 2 aliphatic rings. The van der Waals surface area contributed by atoms with Crippen LogP contribution in [-0.4, -0.2) is 70.0 Å². The van der Waals surface area contributed by atoms with Crippen molar-refractivity contribution >= 4 is 23.7 Å². The molecule has 1 aliphatic heterocycles. The van der Waals surface area contributed by atoms with Crippen molar-refractivity contribution in [3.63, 3.8) is 0 Å². The van der Waals surface area contributed by atoms with Gasteiger partial charge in [-0.3, -0.25) is 0 Å². The maximum Gasteiger partial charge on any atom is 0.406 e. The van der Waals surface area contributed by atoms with E-state index in [-0.39, 0.29) is 36.2 Å². The fourth-order valence-electron chi connectivity index (χ4n) is 5.60. The second-order valence-electron chi connectivity index (χ2n) is 10.1. The number of alkyl carbamates (subject to hydrolysis) is 1. The molecular weight excluding hydrogens is 499 g/mol. The predicted octanol–water partition coefficient (Wildman–Crippen LogP) is 4.87. The molecule has 1 saturated carbocycles. The molecule has 3 rings (SSSR count). The van der Waals surface area contributed by atoms with Gasteiger partial charge in [-0.25, -0.2) is 14.0 Å². The minimum Gasteiger partial charge on any atom is -0.453 e. The van der Waals surface area contributed by atoms with Crippen molar-refractivity contribution in [2.45, 2.75) is 63.5 Å². The fourth-order valence-corrected chi connectivity index (χ4v) is 5.79. The highest BCUT2D eigenvalue weighted by atomic mass is 35.5. The summed E-state index contributed by atoms with van der Waals surface area (Å²) >= 11 is 6.08. The molecule has 3 N–H and O–H groups in total. The van der Waals surface area contributed by atoms with Gasteiger partial charge < -0.3 is 30.3 Å². The minimum atomic E-state index is -0.607. The number of nitrogens with one attached hydrogen (secondary N) is 3. The maximum atomic E-state index is 15.0. The number of piperidine rings is 1. The van der Waals surface area contributed by atoms with Crippen molar-refractivity contribution in [2.24, 2.45) is 11.8 Å². The van der Waals surface area contributed by atoms with Gasteiger partial charge in [-0.2, -0.15) is 0 Å². The van der Waals surface area contributed by atoms with Crippen LogP contribution in [0.4, 0.5) is 14.0 Å². The summed E-state index contributed by atoms with van der Waals surface area (Å²) in [7, 11) is 3.20. The smallest absolute Gasteiger partial charge is 0.406 e. The number of ether oxygens (including phenoxy) is 2. The molecule has 1 saturated heterocycles. The lowest BCUT2D eigenvalue weighted by atomic mass is 9.85. The molecule has 1 unspecified atom stereocenters. The van der Waals surface area contributed by atoms with E-state index in [1.165, 1.54) is 45.3 Å². The van der Waals surface area contributed by atoms with Crippen molar-refractivity contribution in [3.05, 3.63) is 34.6 Å². The van der Waals surface area contributed by atoms with E-state index in [9.17, 15) is 9.59 Å². The zero-order valence-electron chi connectivity index (χ0n) is 22.1. The highest BCUT2D eigenvalue weighted by Crippen LogP contribution is 2.36. The first-order valence-corrected chi connectivity index (χ1v) is 13.9. The Labute approximate surface area is 225 Å². The lowest BCUT2D eigenvalue weighted by molar-refractivity contribution is -0.0106. The van der Waals surface area contributed by atoms with Crippen LogP contribution in [-0.2, 0) is 9.47 Å². The molecule has 208 valence electrons. The average molecular weight is 541 g/mol. The Balaban J connectivity index is 1.66. The zero-order valence-corrected chi connectivity index (χ0v) is 22.8. The third-order valence-electron chi connectivity index (χ3n) is 7.44. The summed E-state index contributed by atoms with van der Waals surface area (Å²) in [6.45, 7) is 2.20. The number of benzene rings is 1. The van der Waals surface area contributed by atoms with E-state index in [4.69, 9.17) is 16.3 Å². The average Bonchev–Trinajstić information content (AvgIpc) is 2.91. The summed E-state index contributed by atoms with van der Waals surface area (Å²) < 4.78 is 25.7. The molecule has 0 aromatic heterocycles. The van der Waals surface area contributed by atoms with E-state index < -0.39 is 18.0 Å². The Kier molecular flexibility index (Phi) is 12.2. The number of likely N-dealkylation sites (N-methyl/N-ethyl adjacent to an activating group) is 1. The number of amides is 3. The lowest BCUT2D eigenvalue weighted by Gasteiger charge is -2.38. The summed E-state index contributed by atoms with van der Waals surface area (Å²) in [4.78, 5) is 26.5. The summed E-state index contributed by atoms with van der Waals surface area (Å²) in [6, 6.07) is 4.86. The van der Waals surface area contributed by atoms with Gasteiger partial charge in [0.05, 0.1) is 24.8 Å². The van der Waals surface area contributed by atoms with Crippen molar-refractivity contribution in [2.75, 3.05) is 46.9 Å². The monoisotopic (exact) mass is 540 g/mol. The zero-order chi connectivity index (χ0) is 26.6. The Hall–Kier alpha value is -2.10. The lowest BCUT2D eigenvalue weighted by Crippen LogP contribution is -2.52.